The summed E-state index contributed by atoms with van der Waals surface area (Å²) in [6.07, 6.45) is 1.73. The number of fused-ring (bicyclic) bond motifs is 1. The number of aromatic nitrogens is 1. The monoisotopic (exact) mass is 351 g/mol. The zero-order valence-corrected chi connectivity index (χ0v) is 15.3. The van der Waals surface area contributed by atoms with Crippen LogP contribution in [0.15, 0.2) is 43.0 Å². The molecule has 134 valence electrons. The van der Waals surface area contributed by atoms with E-state index in [-0.39, 0.29) is 0 Å². The molecule has 0 radical (unpaired) electrons. The Morgan fingerprint density at radius 3 is 2.00 bits per heavy atom. The van der Waals surface area contributed by atoms with Gasteiger partial charge in [0.25, 0.3) is 0 Å². The van der Waals surface area contributed by atoms with Gasteiger partial charge in [0.2, 0.25) is 0 Å². The van der Waals surface area contributed by atoms with E-state index in [2.05, 4.69) is 6.58 Å². The molecule has 1 heterocycles. The van der Waals surface area contributed by atoms with Crippen LogP contribution in [-0.4, -0.2) is 33.4 Å². The van der Waals surface area contributed by atoms with E-state index in [0.717, 1.165) is 27.7 Å². The summed E-state index contributed by atoms with van der Waals surface area (Å²) in [5, 5.41) is 1.93. The van der Waals surface area contributed by atoms with Gasteiger partial charge in [0, 0.05) is 10.9 Å². The fourth-order valence-electron chi connectivity index (χ4n) is 2.90. The van der Waals surface area contributed by atoms with Gasteiger partial charge in [-0.2, -0.15) is 0 Å². The van der Waals surface area contributed by atoms with Crippen molar-refractivity contribution in [1.29, 1.82) is 0 Å². The maximum absolute atomic E-state index is 5.42. The molecule has 0 aliphatic heterocycles. The number of ether oxygens (including phenoxy) is 4. The van der Waals surface area contributed by atoms with E-state index in [0.29, 0.717) is 23.0 Å². The molecule has 2 aromatic carbocycles. The first-order valence-corrected chi connectivity index (χ1v) is 8.06. The second kappa shape index (κ2) is 7.35. The molecule has 26 heavy (non-hydrogen) atoms. The van der Waals surface area contributed by atoms with Crippen LogP contribution in [-0.2, 0) is 0 Å². The molecular formula is C21H21NO4. The van der Waals surface area contributed by atoms with Crippen LogP contribution in [0.25, 0.3) is 28.1 Å². The molecule has 5 heteroatoms. The van der Waals surface area contributed by atoms with Gasteiger partial charge >= 0.3 is 0 Å². The summed E-state index contributed by atoms with van der Waals surface area (Å²) in [5.74, 6) is 2.65. The lowest BCUT2D eigenvalue weighted by Crippen LogP contribution is -1.95. The minimum Gasteiger partial charge on any atom is -0.493 e. The highest BCUT2D eigenvalue weighted by molar-refractivity contribution is 5.94. The van der Waals surface area contributed by atoms with E-state index in [9.17, 15) is 0 Å². The van der Waals surface area contributed by atoms with Gasteiger partial charge in [0.15, 0.2) is 23.0 Å². The van der Waals surface area contributed by atoms with Gasteiger partial charge in [0.05, 0.1) is 39.8 Å². The average Bonchev–Trinajstić information content (AvgIpc) is 2.70. The molecule has 0 N–H and O–H groups in total. The molecule has 0 saturated heterocycles. The topological polar surface area (TPSA) is 49.8 Å². The van der Waals surface area contributed by atoms with Crippen LogP contribution in [0.5, 0.6) is 23.0 Å². The largest absolute Gasteiger partial charge is 0.493 e. The van der Waals surface area contributed by atoms with Crippen molar-refractivity contribution in [1.82, 2.24) is 4.98 Å². The summed E-state index contributed by atoms with van der Waals surface area (Å²) >= 11 is 0. The number of rotatable bonds is 6. The Labute approximate surface area is 152 Å². The standard InChI is InChI=1S/C21H21NO4/c1-6-16-15-12-21(26-5)20(25-4)11-14(15)9-17(22-16)13-7-8-18(23-2)19(10-13)24-3/h6-12H,1H2,2-5H3. The van der Waals surface area contributed by atoms with Crippen molar-refractivity contribution in [3.8, 4) is 34.3 Å². The van der Waals surface area contributed by atoms with Gasteiger partial charge in [-0.25, -0.2) is 4.98 Å². The number of nitrogens with zero attached hydrogens (tertiary/aromatic N) is 1. The fourth-order valence-corrected chi connectivity index (χ4v) is 2.90. The Balaban J connectivity index is 2.23. The third-order valence-corrected chi connectivity index (χ3v) is 4.24. The Kier molecular flexibility index (Phi) is 4.98. The quantitative estimate of drug-likeness (QED) is 0.651. The highest BCUT2D eigenvalue weighted by atomic mass is 16.5. The van der Waals surface area contributed by atoms with E-state index < -0.39 is 0 Å². The molecular weight excluding hydrogens is 330 g/mol. The van der Waals surface area contributed by atoms with Crippen molar-refractivity contribution < 1.29 is 18.9 Å². The molecule has 3 aromatic rings. The first kappa shape index (κ1) is 17.6. The molecule has 0 aliphatic rings. The Hall–Kier alpha value is -3.21. The minimum atomic E-state index is 0.652. The smallest absolute Gasteiger partial charge is 0.161 e. The van der Waals surface area contributed by atoms with Gasteiger partial charge < -0.3 is 18.9 Å². The Bertz CT molecular complexity index is 966. The van der Waals surface area contributed by atoms with Crippen LogP contribution in [0.1, 0.15) is 5.69 Å². The number of methoxy groups -OCH3 is 4. The van der Waals surface area contributed by atoms with Crippen LogP contribution >= 0.6 is 0 Å². The molecule has 0 spiro atoms. The third-order valence-electron chi connectivity index (χ3n) is 4.24. The molecule has 0 bridgehead atoms. The normalized spacial score (nSPS) is 10.5. The summed E-state index contributed by atoms with van der Waals surface area (Å²) in [6.45, 7) is 3.90. The van der Waals surface area contributed by atoms with Crippen LogP contribution < -0.4 is 18.9 Å². The molecule has 0 amide bonds. The van der Waals surface area contributed by atoms with Gasteiger partial charge in [-0.3, -0.25) is 0 Å². The predicted molar refractivity (Wildman–Crippen MR) is 103 cm³/mol. The zero-order chi connectivity index (χ0) is 18.7. The van der Waals surface area contributed by atoms with E-state index >= 15 is 0 Å². The second-order valence-electron chi connectivity index (χ2n) is 5.59. The lowest BCUT2D eigenvalue weighted by molar-refractivity contribution is 0.355. The summed E-state index contributed by atoms with van der Waals surface area (Å²) in [5.41, 5.74) is 2.50. The van der Waals surface area contributed by atoms with Gasteiger partial charge in [-0.05, 0) is 47.9 Å². The van der Waals surface area contributed by atoms with E-state index in [1.165, 1.54) is 0 Å². The lowest BCUT2D eigenvalue weighted by atomic mass is 10.0. The van der Waals surface area contributed by atoms with Crippen molar-refractivity contribution >= 4 is 16.8 Å². The summed E-state index contributed by atoms with van der Waals surface area (Å²) in [4.78, 5) is 4.74. The predicted octanol–water partition coefficient (Wildman–Crippen LogP) is 4.58. The summed E-state index contributed by atoms with van der Waals surface area (Å²) < 4.78 is 21.5. The van der Waals surface area contributed by atoms with Crippen molar-refractivity contribution in [2.24, 2.45) is 0 Å². The van der Waals surface area contributed by atoms with Crippen molar-refractivity contribution in [3.05, 3.63) is 48.7 Å². The number of hydrogen-bond acceptors (Lipinski definition) is 5. The molecule has 3 rings (SSSR count). The van der Waals surface area contributed by atoms with Crippen molar-refractivity contribution in [3.63, 3.8) is 0 Å². The van der Waals surface area contributed by atoms with Gasteiger partial charge in [-0.15, -0.1) is 0 Å². The van der Waals surface area contributed by atoms with E-state index in [1.807, 2.05) is 36.4 Å². The number of hydrogen-bond donors (Lipinski definition) is 0. The molecule has 0 aliphatic carbocycles. The van der Waals surface area contributed by atoms with Crippen molar-refractivity contribution in [2.45, 2.75) is 0 Å². The Morgan fingerprint density at radius 2 is 1.38 bits per heavy atom. The highest BCUT2D eigenvalue weighted by Crippen LogP contribution is 2.37. The lowest BCUT2D eigenvalue weighted by Gasteiger charge is -2.13. The van der Waals surface area contributed by atoms with Gasteiger partial charge in [0.1, 0.15) is 0 Å². The van der Waals surface area contributed by atoms with Crippen molar-refractivity contribution in [2.75, 3.05) is 28.4 Å². The molecule has 5 nitrogen and oxygen atoms in total. The molecule has 1 aromatic heterocycles. The number of benzene rings is 2. The average molecular weight is 351 g/mol. The van der Waals surface area contributed by atoms with Crippen LogP contribution in [0.4, 0.5) is 0 Å². The summed E-state index contributed by atoms with van der Waals surface area (Å²) in [7, 11) is 6.46. The van der Waals surface area contributed by atoms with Crippen LogP contribution in [0.3, 0.4) is 0 Å². The van der Waals surface area contributed by atoms with E-state index in [1.54, 1.807) is 34.5 Å². The molecule has 0 unspecified atom stereocenters. The SMILES string of the molecule is C=Cc1nc(-c2ccc(OC)c(OC)c2)cc2cc(OC)c(OC)cc12. The highest BCUT2D eigenvalue weighted by Gasteiger charge is 2.13. The summed E-state index contributed by atoms with van der Waals surface area (Å²) in [6, 6.07) is 11.6. The third kappa shape index (κ3) is 3.04. The first-order chi connectivity index (χ1) is 12.6. The van der Waals surface area contributed by atoms with E-state index in [4.69, 9.17) is 23.9 Å². The van der Waals surface area contributed by atoms with Crippen LogP contribution in [0, 0.1) is 0 Å². The maximum Gasteiger partial charge on any atom is 0.161 e. The Morgan fingerprint density at radius 1 is 0.769 bits per heavy atom. The molecule has 0 atom stereocenters. The fraction of sp³-hybridized carbons (Fsp3) is 0.190. The maximum atomic E-state index is 5.42. The second-order valence-corrected chi connectivity index (χ2v) is 5.59. The minimum absolute atomic E-state index is 0.652. The molecule has 0 fully saturated rings. The number of pyridine rings is 1. The van der Waals surface area contributed by atoms with Gasteiger partial charge in [-0.1, -0.05) is 6.58 Å². The zero-order valence-electron chi connectivity index (χ0n) is 15.3. The molecule has 0 saturated carbocycles. The van der Waals surface area contributed by atoms with Crippen LogP contribution in [0.2, 0.25) is 0 Å². The first-order valence-electron chi connectivity index (χ1n) is 8.06.